The van der Waals surface area contributed by atoms with Crippen LogP contribution in [-0.4, -0.2) is 226 Å². The first kappa shape index (κ1) is 56.4. The molecule has 4 aromatic heterocycles. The number of rotatable bonds is 41. The van der Waals surface area contributed by atoms with Crippen molar-refractivity contribution in [1.82, 2.24) is 66.0 Å². The maximum atomic E-state index is 11.9. The highest BCUT2D eigenvalue weighted by atomic mass is 16.6. The Balaban J connectivity index is 0.000000618. The van der Waals surface area contributed by atoms with Crippen LogP contribution in [0.4, 0.5) is 0 Å². The van der Waals surface area contributed by atoms with Gasteiger partial charge < -0.3 is 63.2 Å². The zero-order valence-corrected chi connectivity index (χ0v) is 38.4. The predicted octanol–water partition coefficient (Wildman–Crippen LogP) is -0.800. The molecule has 1 amide bonds. The Kier molecular flexibility index (Phi) is 34.7. The Hall–Kier alpha value is -4.97. The van der Waals surface area contributed by atoms with Gasteiger partial charge in [0.15, 0.2) is 11.6 Å². The highest BCUT2D eigenvalue weighted by molar-refractivity contribution is 5.77. The molecule has 0 saturated heterocycles. The molecular formula is C41H66N14O12. The summed E-state index contributed by atoms with van der Waals surface area (Å²) in [4.78, 5) is 28.0. The lowest BCUT2D eigenvalue weighted by atomic mass is 10.3. The molecule has 0 radical (unpaired) electrons. The van der Waals surface area contributed by atoms with E-state index in [2.05, 4.69) is 66.0 Å². The molecule has 0 bridgehead atoms. The summed E-state index contributed by atoms with van der Waals surface area (Å²) < 4.78 is 59.1. The van der Waals surface area contributed by atoms with E-state index in [0.717, 1.165) is 6.42 Å². The Morgan fingerprint density at radius 1 is 0.433 bits per heavy atom. The van der Waals surface area contributed by atoms with Gasteiger partial charge >= 0.3 is 0 Å². The molecule has 4 heterocycles. The van der Waals surface area contributed by atoms with Crippen LogP contribution in [0.25, 0.3) is 23.3 Å². The van der Waals surface area contributed by atoms with Crippen molar-refractivity contribution in [2.24, 2.45) is 5.73 Å². The number of aryl methyl sites for hydroxylation is 2. The van der Waals surface area contributed by atoms with Gasteiger partial charge in [-0.15, -0.1) is 40.8 Å². The van der Waals surface area contributed by atoms with Gasteiger partial charge in [0.1, 0.15) is 6.61 Å². The molecule has 26 nitrogen and oxygen atoms in total. The van der Waals surface area contributed by atoms with Crippen LogP contribution in [0.2, 0.25) is 0 Å². The van der Waals surface area contributed by atoms with Crippen LogP contribution in [0.3, 0.4) is 0 Å². The molecule has 67 heavy (non-hydrogen) atoms. The summed E-state index contributed by atoms with van der Waals surface area (Å²) in [6, 6.07) is 3.42. The summed E-state index contributed by atoms with van der Waals surface area (Å²) in [7, 11) is 1.64. The third kappa shape index (κ3) is 30.8. The van der Waals surface area contributed by atoms with Crippen molar-refractivity contribution < 1.29 is 56.9 Å². The van der Waals surface area contributed by atoms with E-state index in [-0.39, 0.29) is 18.3 Å². The molecule has 0 aromatic carbocycles. The number of ether oxygens (including phenoxy) is 11. The van der Waals surface area contributed by atoms with Crippen molar-refractivity contribution in [3.8, 4) is 23.3 Å². The first-order valence-corrected chi connectivity index (χ1v) is 22.1. The molecule has 3 N–H and O–H groups in total. The Bertz CT molecular complexity index is 1720. The summed E-state index contributed by atoms with van der Waals surface area (Å²) >= 11 is 0. The third-order valence-electron chi connectivity index (χ3n) is 8.09. The highest BCUT2D eigenvalue weighted by Crippen LogP contribution is 2.05. The number of hydrogen-bond donors (Lipinski definition) is 2. The molecule has 0 atom stereocenters. The number of amides is 1. The van der Waals surface area contributed by atoms with Gasteiger partial charge in [-0.3, -0.25) is 4.79 Å². The van der Waals surface area contributed by atoms with Gasteiger partial charge in [0.05, 0.1) is 132 Å². The van der Waals surface area contributed by atoms with Crippen LogP contribution >= 0.6 is 0 Å². The fourth-order valence-corrected chi connectivity index (χ4v) is 4.78. The van der Waals surface area contributed by atoms with Crippen LogP contribution in [0, 0.1) is 0 Å². The second kappa shape index (κ2) is 41.2. The van der Waals surface area contributed by atoms with E-state index in [1.54, 1.807) is 44.0 Å². The SMILES string of the molecule is COCCOCCOCCOCCOCCOCCOCCOCCOCCOCCOCC(=O)NCCCc1nnc(-c2ncccn2)nn1.NCCCc1nnc(-c2ncccn2)nn1. The van der Waals surface area contributed by atoms with E-state index in [1.807, 2.05) is 0 Å². The van der Waals surface area contributed by atoms with Crippen LogP contribution in [-0.2, 0) is 69.7 Å². The summed E-state index contributed by atoms with van der Waals surface area (Å²) in [5.74, 6) is 2.23. The number of nitrogens with zero attached hydrogens (tertiary/aromatic N) is 12. The number of methoxy groups -OCH3 is 1. The lowest BCUT2D eigenvalue weighted by Gasteiger charge is -2.09. The molecule has 0 aliphatic carbocycles. The zero-order valence-electron chi connectivity index (χ0n) is 38.4. The molecule has 0 saturated carbocycles. The maximum Gasteiger partial charge on any atom is 0.245 e. The molecule has 26 heteroatoms. The van der Waals surface area contributed by atoms with Crippen LogP contribution in [0.5, 0.6) is 0 Å². The van der Waals surface area contributed by atoms with Crippen LogP contribution in [0.1, 0.15) is 24.5 Å². The minimum atomic E-state index is -0.208. The molecule has 0 fully saturated rings. The predicted molar refractivity (Wildman–Crippen MR) is 236 cm³/mol. The van der Waals surface area contributed by atoms with Crippen molar-refractivity contribution >= 4 is 5.91 Å². The lowest BCUT2D eigenvalue weighted by Crippen LogP contribution is -2.29. The quantitative estimate of drug-likeness (QED) is 0.0515. The van der Waals surface area contributed by atoms with Crippen molar-refractivity contribution in [2.45, 2.75) is 25.7 Å². The van der Waals surface area contributed by atoms with E-state index >= 15 is 0 Å². The van der Waals surface area contributed by atoms with E-state index < -0.39 is 0 Å². The standard InChI is InChI=1S/C32H55N7O12.C9H11N7/c1-41-8-9-42-10-11-43-12-13-44-14-15-45-16-17-46-18-19-47-20-21-48-22-23-49-24-25-50-26-27-51-28-30(40)33-5-2-4-29-36-38-32(39-37-29)31-34-6-3-7-35-31;10-4-1-3-7-13-15-9(16-14-7)8-11-5-2-6-12-8/h3,6-7H,2,4-5,8-28H2,1H3,(H,33,40);2,5-6H,1,3-4,10H2. The number of nitrogens with one attached hydrogen (secondary N) is 1. The number of carbonyl (C=O) groups is 1. The average Bonchev–Trinajstić information content (AvgIpc) is 3.37. The Morgan fingerprint density at radius 3 is 1.07 bits per heavy atom. The second-order valence-electron chi connectivity index (χ2n) is 13.3. The summed E-state index contributed by atoms with van der Waals surface area (Å²) in [5.41, 5.74) is 5.38. The van der Waals surface area contributed by atoms with Crippen LogP contribution < -0.4 is 11.1 Å². The van der Waals surface area contributed by atoms with E-state index in [9.17, 15) is 4.79 Å². The zero-order chi connectivity index (χ0) is 47.3. The molecule has 0 spiro atoms. The van der Waals surface area contributed by atoms with Gasteiger partial charge in [-0.05, 0) is 31.5 Å². The van der Waals surface area contributed by atoms with Gasteiger partial charge in [-0.1, -0.05) is 0 Å². The van der Waals surface area contributed by atoms with Gasteiger partial charge in [0, 0.05) is 51.3 Å². The number of hydrogen-bond acceptors (Lipinski definition) is 25. The molecule has 4 rings (SSSR count). The third-order valence-corrected chi connectivity index (χ3v) is 8.09. The molecule has 0 unspecified atom stereocenters. The Morgan fingerprint density at radius 2 is 0.746 bits per heavy atom. The maximum absolute atomic E-state index is 11.9. The van der Waals surface area contributed by atoms with Gasteiger partial charge in [0.2, 0.25) is 29.2 Å². The molecular weight excluding hydrogens is 881 g/mol. The summed E-state index contributed by atoms with van der Waals surface area (Å²) in [6.07, 6.45) is 9.09. The molecule has 4 aromatic rings. The van der Waals surface area contributed by atoms with Gasteiger partial charge in [-0.25, -0.2) is 19.9 Å². The topological polar surface area (TPSA) is 311 Å². The highest BCUT2D eigenvalue weighted by Gasteiger charge is 2.08. The largest absolute Gasteiger partial charge is 0.382 e. The number of carbonyl (C=O) groups excluding carboxylic acids is 1. The molecule has 0 aliphatic rings. The molecule has 372 valence electrons. The minimum absolute atomic E-state index is 0.0450. The number of aromatic nitrogens is 12. The van der Waals surface area contributed by atoms with Gasteiger partial charge in [-0.2, -0.15) is 0 Å². The first-order chi connectivity index (χ1) is 33.2. The van der Waals surface area contributed by atoms with Crippen molar-refractivity contribution in [3.05, 3.63) is 48.6 Å². The summed E-state index contributed by atoms with van der Waals surface area (Å²) in [6.45, 7) is 10.7. The van der Waals surface area contributed by atoms with Crippen molar-refractivity contribution in [1.29, 1.82) is 0 Å². The van der Waals surface area contributed by atoms with E-state index in [4.69, 9.17) is 57.8 Å². The normalized spacial score (nSPS) is 11.1. The van der Waals surface area contributed by atoms with Crippen molar-refractivity contribution in [2.75, 3.05) is 159 Å². The molecule has 0 aliphatic heterocycles. The monoisotopic (exact) mass is 946 g/mol. The minimum Gasteiger partial charge on any atom is -0.382 e. The van der Waals surface area contributed by atoms with E-state index in [1.165, 1.54) is 0 Å². The van der Waals surface area contributed by atoms with Crippen LogP contribution in [0.15, 0.2) is 36.9 Å². The first-order valence-electron chi connectivity index (χ1n) is 22.1. The average molecular weight is 947 g/mol. The fourth-order valence-electron chi connectivity index (χ4n) is 4.78. The second-order valence-corrected chi connectivity index (χ2v) is 13.3. The summed E-state index contributed by atoms with van der Waals surface area (Å²) in [5, 5.41) is 34.5. The number of nitrogens with two attached hydrogens (primary N) is 1. The smallest absolute Gasteiger partial charge is 0.245 e. The Labute approximate surface area is 390 Å². The van der Waals surface area contributed by atoms with Gasteiger partial charge in [0.25, 0.3) is 0 Å². The lowest BCUT2D eigenvalue weighted by molar-refractivity contribution is -0.126. The van der Waals surface area contributed by atoms with E-state index in [0.29, 0.717) is 194 Å². The fraction of sp³-hybridized carbons (Fsp3) is 0.683. The van der Waals surface area contributed by atoms with Crippen molar-refractivity contribution in [3.63, 3.8) is 0 Å².